The maximum Gasteiger partial charge on any atom is 0.332 e. The Hall–Kier alpha value is -2.86. The van der Waals surface area contributed by atoms with Gasteiger partial charge in [0.25, 0.3) is 5.91 Å². The molecule has 2 heterocycles. The zero-order valence-corrected chi connectivity index (χ0v) is 12.9. The van der Waals surface area contributed by atoms with Crippen molar-refractivity contribution in [2.45, 2.75) is 6.04 Å². The van der Waals surface area contributed by atoms with E-state index in [1.165, 1.54) is 4.90 Å². The third-order valence-electron chi connectivity index (χ3n) is 4.14. The van der Waals surface area contributed by atoms with Gasteiger partial charge in [0, 0.05) is 6.54 Å². The highest BCUT2D eigenvalue weighted by molar-refractivity contribution is 6.21. The Morgan fingerprint density at radius 3 is 2.38 bits per heavy atom. The van der Waals surface area contributed by atoms with Crippen molar-refractivity contribution in [3.05, 3.63) is 54.6 Å². The number of benzene rings is 2. The van der Waals surface area contributed by atoms with Crippen molar-refractivity contribution in [3.63, 3.8) is 0 Å². The van der Waals surface area contributed by atoms with Crippen LogP contribution in [0.15, 0.2) is 54.6 Å². The number of hydrogen-bond acceptors (Lipinski definition) is 4. The quantitative estimate of drug-likeness (QED) is 0.815. The second kappa shape index (κ2) is 5.98. The fraction of sp³-hybridized carbons (Fsp3) is 0.222. The predicted octanol–water partition coefficient (Wildman–Crippen LogP) is 2.65. The van der Waals surface area contributed by atoms with Crippen LogP contribution in [0.5, 0.6) is 11.5 Å². The van der Waals surface area contributed by atoms with E-state index in [-0.39, 0.29) is 18.5 Å². The molecular formula is C18H16N2O4. The van der Waals surface area contributed by atoms with Crippen molar-refractivity contribution >= 4 is 17.6 Å². The molecule has 3 amide bonds. The second-order valence-corrected chi connectivity index (χ2v) is 5.65. The summed E-state index contributed by atoms with van der Waals surface area (Å²) in [4.78, 5) is 27.7. The summed E-state index contributed by atoms with van der Waals surface area (Å²) in [5.74, 6) is 1.13. The summed E-state index contributed by atoms with van der Waals surface area (Å²) in [6, 6.07) is 15.6. The molecule has 2 aliphatic rings. The smallest absolute Gasteiger partial charge is 0.332 e. The molecule has 0 saturated carbocycles. The van der Waals surface area contributed by atoms with Crippen LogP contribution in [0.4, 0.5) is 10.5 Å². The minimum atomic E-state index is -0.508. The number of carbonyl (C=O) groups is 2. The lowest BCUT2D eigenvalue weighted by Gasteiger charge is -2.26. The van der Waals surface area contributed by atoms with Gasteiger partial charge in [-0.1, -0.05) is 18.2 Å². The van der Waals surface area contributed by atoms with Crippen molar-refractivity contribution in [2.75, 3.05) is 24.7 Å². The van der Waals surface area contributed by atoms with Gasteiger partial charge in [0.2, 0.25) is 0 Å². The minimum Gasteiger partial charge on any atom is -0.457 e. The molecule has 0 spiro atoms. The third-order valence-corrected chi connectivity index (χ3v) is 4.14. The topological polar surface area (TPSA) is 59.1 Å². The average Bonchev–Trinajstić information content (AvgIpc) is 2.88. The summed E-state index contributed by atoms with van der Waals surface area (Å²) >= 11 is 0. The molecule has 2 aromatic carbocycles. The normalized spacial score (nSPS) is 20.2. The molecule has 2 fully saturated rings. The second-order valence-electron chi connectivity index (χ2n) is 5.65. The maximum atomic E-state index is 12.5. The molecule has 6 heteroatoms. The van der Waals surface area contributed by atoms with E-state index in [4.69, 9.17) is 9.47 Å². The van der Waals surface area contributed by atoms with Crippen molar-refractivity contribution in [2.24, 2.45) is 0 Å². The molecule has 0 N–H and O–H groups in total. The number of morpholine rings is 1. The maximum absolute atomic E-state index is 12.5. The number of para-hydroxylation sites is 1. The van der Waals surface area contributed by atoms with Gasteiger partial charge in [-0.3, -0.25) is 4.79 Å². The summed E-state index contributed by atoms with van der Waals surface area (Å²) in [5, 5.41) is 0. The Bertz CT molecular complexity index is 736. The van der Waals surface area contributed by atoms with E-state index in [1.54, 1.807) is 29.2 Å². The van der Waals surface area contributed by atoms with E-state index in [0.717, 1.165) is 5.75 Å². The predicted molar refractivity (Wildman–Crippen MR) is 87.2 cm³/mol. The van der Waals surface area contributed by atoms with Gasteiger partial charge in [-0.25, -0.2) is 9.69 Å². The summed E-state index contributed by atoms with van der Waals surface area (Å²) < 4.78 is 11.0. The van der Waals surface area contributed by atoms with Gasteiger partial charge in [0.15, 0.2) is 0 Å². The van der Waals surface area contributed by atoms with Crippen LogP contribution in [0, 0.1) is 0 Å². The molecule has 1 unspecified atom stereocenters. The van der Waals surface area contributed by atoms with Crippen molar-refractivity contribution < 1.29 is 19.1 Å². The fourth-order valence-electron chi connectivity index (χ4n) is 2.93. The summed E-state index contributed by atoms with van der Waals surface area (Å²) in [5.41, 5.74) is 0.541. The first kappa shape index (κ1) is 14.7. The molecule has 4 rings (SSSR count). The molecule has 6 nitrogen and oxygen atoms in total. The zero-order chi connectivity index (χ0) is 16.5. The SMILES string of the molecule is O=C1C2COCCN2C(=O)N1c1ccc(Oc2ccccc2)cc1. The fourth-order valence-corrected chi connectivity index (χ4v) is 2.93. The van der Waals surface area contributed by atoms with Crippen molar-refractivity contribution in [1.29, 1.82) is 0 Å². The number of imide groups is 1. The highest BCUT2D eigenvalue weighted by Crippen LogP contribution is 2.29. The summed E-state index contributed by atoms with van der Waals surface area (Å²) in [7, 11) is 0. The van der Waals surface area contributed by atoms with E-state index in [9.17, 15) is 9.59 Å². The number of amides is 3. The zero-order valence-electron chi connectivity index (χ0n) is 12.9. The monoisotopic (exact) mass is 324 g/mol. The molecule has 2 aromatic rings. The van der Waals surface area contributed by atoms with Crippen LogP contribution in [0.2, 0.25) is 0 Å². The molecule has 0 bridgehead atoms. The Morgan fingerprint density at radius 1 is 0.958 bits per heavy atom. The summed E-state index contributed by atoms with van der Waals surface area (Å²) in [6.07, 6.45) is 0. The number of carbonyl (C=O) groups excluding carboxylic acids is 2. The van der Waals surface area contributed by atoms with Crippen molar-refractivity contribution in [3.8, 4) is 11.5 Å². The van der Waals surface area contributed by atoms with E-state index in [0.29, 0.717) is 24.6 Å². The standard InChI is InChI=1S/C18H16N2O4/c21-17-16-12-23-11-10-19(16)18(22)20(17)13-6-8-15(9-7-13)24-14-4-2-1-3-5-14/h1-9,16H,10-12H2. The van der Waals surface area contributed by atoms with Crippen LogP contribution in [-0.4, -0.2) is 42.6 Å². The van der Waals surface area contributed by atoms with Crippen LogP contribution in [0.3, 0.4) is 0 Å². The highest BCUT2D eigenvalue weighted by atomic mass is 16.5. The minimum absolute atomic E-state index is 0.239. The number of hydrogen-bond donors (Lipinski definition) is 0. The lowest BCUT2D eigenvalue weighted by atomic mass is 10.2. The molecule has 24 heavy (non-hydrogen) atoms. The molecule has 1 atom stereocenters. The first-order valence-electron chi connectivity index (χ1n) is 7.79. The lowest BCUT2D eigenvalue weighted by molar-refractivity contribution is -0.123. The molecule has 2 saturated heterocycles. The average molecular weight is 324 g/mol. The molecule has 0 radical (unpaired) electrons. The Labute approximate surface area is 139 Å². The third kappa shape index (κ3) is 2.51. The van der Waals surface area contributed by atoms with Crippen LogP contribution in [0.25, 0.3) is 0 Å². The van der Waals surface area contributed by atoms with Gasteiger partial charge in [-0.15, -0.1) is 0 Å². The number of rotatable bonds is 3. The first-order valence-corrected chi connectivity index (χ1v) is 7.79. The van der Waals surface area contributed by atoms with Gasteiger partial charge in [-0.2, -0.15) is 0 Å². The molecule has 122 valence electrons. The van der Waals surface area contributed by atoms with Crippen LogP contribution in [0.1, 0.15) is 0 Å². The Morgan fingerprint density at radius 2 is 1.67 bits per heavy atom. The van der Waals surface area contributed by atoms with Crippen molar-refractivity contribution in [1.82, 2.24) is 4.90 Å². The number of fused-ring (bicyclic) bond motifs is 1. The van der Waals surface area contributed by atoms with E-state index in [2.05, 4.69) is 0 Å². The number of anilines is 1. The Balaban J connectivity index is 1.54. The first-order chi connectivity index (χ1) is 11.7. The highest BCUT2D eigenvalue weighted by Gasteiger charge is 2.47. The van der Waals surface area contributed by atoms with E-state index in [1.807, 2.05) is 30.3 Å². The molecular weight excluding hydrogens is 308 g/mol. The van der Waals surface area contributed by atoms with E-state index >= 15 is 0 Å². The molecule has 0 aromatic heterocycles. The van der Waals surface area contributed by atoms with Gasteiger partial charge in [0.1, 0.15) is 17.5 Å². The van der Waals surface area contributed by atoms with E-state index < -0.39 is 6.04 Å². The number of urea groups is 1. The number of ether oxygens (including phenoxy) is 2. The van der Waals surface area contributed by atoms with Gasteiger partial charge >= 0.3 is 6.03 Å². The van der Waals surface area contributed by atoms with Crippen LogP contribution < -0.4 is 9.64 Å². The summed E-state index contributed by atoms with van der Waals surface area (Å²) in [6.45, 7) is 1.17. The Kier molecular flexibility index (Phi) is 3.66. The lowest BCUT2D eigenvalue weighted by Crippen LogP contribution is -2.45. The van der Waals surface area contributed by atoms with Gasteiger partial charge in [-0.05, 0) is 36.4 Å². The largest absolute Gasteiger partial charge is 0.457 e. The van der Waals surface area contributed by atoms with Gasteiger partial charge in [0.05, 0.1) is 18.9 Å². The molecule has 2 aliphatic heterocycles. The van der Waals surface area contributed by atoms with Gasteiger partial charge < -0.3 is 14.4 Å². The van der Waals surface area contributed by atoms with Crippen LogP contribution >= 0.6 is 0 Å². The number of nitrogens with zero attached hydrogens (tertiary/aromatic N) is 2. The van der Waals surface area contributed by atoms with Crippen LogP contribution in [-0.2, 0) is 9.53 Å². The molecule has 0 aliphatic carbocycles.